The standard InChI is InChI=1S/C44H82NO8P/c1-6-8-10-12-14-16-18-20-22-24-26-28-30-32-34-36-43(46)50-40-42(41-52-54(48,49)51-39-38-45(3,4)5)53-44(47)37-35-33-31-29-27-25-23-21-19-17-15-13-11-9-7-2/h20-23,27,29,42H,6-19,24-26,28,30-41H2,1-5H3/b22-20-,23-21-,29-27-/t42-/m1/s1. The number of allylic oxidation sites excluding steroid dienone is 6. The molecule has 10 heteroatoms. The third-order valence-electron chi connectivity index (χ3n) is 9.13. The number of carbonyl (C=O) groups excluding carboxylic acids is 2. The summed E-state index contributed by atoms with van der Waals surface area (Å²) >= 11 is 0. The van der Waals surface area contributed by atoms with Gasteiger partial charge in [0.1, 0.15) is 19.8 Å². The molecular formula is C44H82NO8P. The van der Waals surface area contributed by atoms with E-state index in [1.54, 1.807) is 0 Å². The zero-order valence-corrected chi connectivity index (χ0v) is 36.3. The molecule has 0 saturated heterocycles. The van der Waals surface area contributed by atoms with Crippen molar-refractivity contribution in [1.29, 1.82) is 0 Å². The van der Waals surface area contributed by atoms with E-state index in [-0.39, 0.29) is 26.1 Å². The van der Waals surface area contributed by atoms with Gasteiger partial charge < -0.3 is 27.9 Å². The molecule has 0 fully saturated rings. The Bertz CT molecular complexity index is 1020. The molecule has 0 aromatic heterocycles. The first-order valence-electron chi connectivity index (χ1n) is 21.7. The highest BCUT2D eigenvalue weighted by atomic mass is 31.2. The molecule has 0 bridgehead atoms. The van der Waals surface area contributed by atoms with Crippen LogP contribution in [0.3, 0.4) is 0 Å². The SMILES string of the molecule is CCCCCCCC/C=C\C/C=C\CCCCC(=O)O[C@H](COC(=O)CCCCCCC/C=C\CCCCCCCC)COP(=O)([O-])OCC[N+](C)(C)C. The summed E-state index contributed by atoms with van der Waals surface area (Å²) in [5.74, 6) is -0.882. The molecule has 0 rings (SSSR count). The third kappa shape index (κ3) is 39.9. The predicted octanol–water partition coefficient (Wildman–Crippen LogP) is 11.5. The van der Waals surface area contributed by atoms with Crippen LogP contribution in [-0.2, 0) is 32.7 Å². The number of rotatable bonds is 39. The van der Waals surface area contributed by atoms with Crippen LogP contribution >= 0.6 is 7.82 Å². The average molecular weight is 784 g/mol. The zero-order valence-electron chi connectivity index (χ0n) is 35.4. The maximum absolute atomic E-state index is 12.6. The van der Waals surface area contributed by atoms with Gasteiger partial charge in [-0.15, -0.1) is 0 Å². The van der Waals surface area contributed by atoms with Crippen molar-refractivity contribution in [1.82, 2.24) is 0 Å². The van der Waals surface area contributed by atoms with Gasteiger partial charge in [-0.05, 0) is 70.6 Å². The molecule has 1 unspecified atom stereocenters. The van der Waals surface area contributed by atoms with Gasteiger partial charge >= 0.3 is 11.9 Å². The Labute approximate surface area is 331 Å². The largest absolute Gasteiger partial charge is 0.756 e. The lowest BCUT2D eigenvalue weighted by molar-refractivity contribution is -0.870. The molecule has 0 aliphatic carbocycles. The molecule has 316 valence electrons. The number of hydrogen-bond donors (Lipinski definition) is 0. The number of carbonyl (C=O) groups is 2. The molecule has 2 atom stereocenters. The van der Waals surface area contributed by atoms with E-state index in [1.807, 2.05) is 21.1 Å². The quantitative estimate of drug-likeness (QED) is 0.0199. The molecule has 0 amide bonds. The van der Waals surface area contributed by atoms with Gasteiger partial charge in [-0.3, -0.25) is 14.2 Å². The minimum Gasteiger partial charge on any atom is -0.756 e. The predicted molar refractivity (Wildman–Crippen MR) is 222 cm³/mol. The van der Waals surface area contributed by atoms with Gasteiger partial charge in [0, 0.05) is 12.8 Å². The van der Waals surface area contributed by atoms with Crippen LogP contribution in [0.2, 0.25) is 0 Å². The van der Waals surface area contributed by atoms with Gasteiger partial charge in [-0.1, -0.05) is 134 Å². The van der Waals surface area contributed by atoms with Gasteiger partial charge in [0.15, 0.2) is 6.10 Å². The van der Waals surface area contributed by atoms with Gasteiger partial charge in [0.25, 0.3) is 7.82 Å². The van der Waals surface area contributed by atoms with E-state index in [2.05, 4.69) is 50.3 Å². The summed E-state index contributed by atoms with van der Waals surface area (Å²) in [5, 5.41) is 0. The normalized spacial score (nSPS) is 14.0. The summed E-state index contributed by atoms with van der Waals surface area (Å²) in [5.41, 5.74) is 0. The maximum atomic E-state index is 12.6. The second kappa shape index (κ2) is 36.8. The molecule has 9 nitrogen and oxygen atoms in total. The maximum Gasteiger partial charge on any atom is 0.306 e. The van der Waals surface area contributed by atoms with Crippen molar-refractivity contribution in [3.05, 3.63) is 36.5 Å². The van der Waals surface area contributed by atoms with Crippen molar-refractivity contribution in [3.63, 3.8) is 0 Å². The van der Waals surface area contributed by atoms with E-state index in [4.69, 9.17) is 18.5 Å². The summed E-state index contributed by atoms with van der Waals surface area (Å²) in [4.78, 5) is 37.5. The van der Waals surface area contributed by atoms with E-state index in [0.717, 1.165) is 57.8 Å². The van der Waals surface area contributed by atoms with E-state index in [1.165, 1.54) is 83.5 Å². The molecule has 0 N–H and O–H groups in total. The number of esters is 2. The molecule has 0 aromatic rings. The van der Waals surface area contributed by atoms with Crippen molar-refractivity contribution in [3.8, 4) is 0 Å². The monoisotopic (exact) mass is 784 g/mol. The first-order valence-corrected chi connectivity index (χ1v) is 23.2. The second-order valence-corrected chi connectivity index (χ2v) is 17.1. The molecule has 0 aliphatic rings. The number of hydrogen-bond acceptors (Lipinski definition) is 8. The second-order valence-electron chi connectivity index (χ2n) is 15.7. The van der Waals surface area contributed by atoms with Crippen molar-refractivity contribution < 1.29 is 42.1 Å². The first-order chi connectivity index (χ1) is 26.0. The van der Waals surface area contributed by atoms with E-state index < -0.39 is 32.5 Å². The minimum atomic E-state index is -4.63. The van der Waals surface area contributed by atoms with Gasteiger partial charge in [0.2, 0.25) is 0 Å². The smallest absolute Gasteiger partial charge is 0.306 e. The molecule has 0 saturated carbocycles. The van der Waals surface area contributed by atoms with Crippen molar-refractivity contribution >= 4 is 19.8 Å². The Hall–Kier alpha value is -1.77. The van der Waals surface area contributed by atoms with Crippen LogP contribution in [0.1, 0.15) is 181 Å². The number of nitrogens with zero attached hydrogens (tertiary/aromatic N) is 1. The van der Waals surface area contributed by atoms with Crippen LogP contribution in [0.15, 0.2) is 36.5 Å². The average Bonchev–Trinajstić information content (AvgIpc) is 3.12. The summed E-state index contributed by atoms with van der Waals surface area (Å²) in [6.45, 7) is 4.16. The fraction of sp³-hybridized carbons (Fsp3) is 0.818. The minimum absolute atomic E-state index is 0.0381. The van der Waals surface area contributed by atoms with E-state index in [0.29, 0.717) is 23.9 Å². The van der Waals surface area contributed by atoms with Gasteiger partial charge in [-0.2, -0.15) is 0 Å². The highest BCUT2D eigenvalue weighted by molar-refractivity contribution is 7.45. The number of quaternary nitrogens is 1. The van der Waals surface area contributed by atoms with E-state index in [9.17, 15) is 19.0 Å². The van der Waals surface area contributed by atoms with Gasteiger partial charge in [-0.25, -0.2) is 0 Å². The lowest BCUT2D eigenvalue weighted by atomic mass is 10.1. The Morgan fingerprint density at radius 1 is 0.574 bits per heavy atom. The molecule has 0 spiro atoms. The lowest BCUT2D eigenvalue weighted by Crippen LogP contribution is -2.37. The van der Waals surface area contributed by atoms with Crippen molar-refractivity contribution in [2.75, 3.05) is 47.5 Å². The zero-order chi connectivity index (χ0) is 40.0. The Kier molecular flexibility index (Phi) is 35.6. The van der Waals surface area contributed by atoms with Gasteiger partial charge in [0.05, 0.1) is 27.7 Å². The molecule has 54 heavy (non-hydrogen) atoms. The lowest BCUT2D eigenvalue weighted by Gasteiger charge is -2.28. The van der Waals surface area contributed by atoms with Crippen LogP contribution in [0.5, 0.6) is 0 Å². The Morgan fingerprint density at radius 3 is 1.52 bits per heavy atom. The first kappa shape index (κ1) is 52.2. The molecule has 0 heterocycles. The molecule has 0 aromatic carbocycles. The molecular weight excluding hydrogens is 701 g/mol. The summed E-state index contributed by atoms with van der Waals surface area (Å²) in [7, 11) is 1.14. The van der Waals surface area contributed by atoms with Crippen LogP contribution < -0.4 is 4.89 Å². The molecule has 0 radical (unpaired) electrons. The Balaban J connectivity index is 4.44. The van der Waals surface area contributed by atoms with Crippen LogP contribution in [-0.4, -0.2) is 70.0 Å². The van der Waals surface area contributed by atoms with Crippen LogP contribution in [0.25, 0.3) is 0 Å². The summed E-state index contributed by atoms with van der Waals surface area (Å²) in [6, 6.07) is 0. The van der Waals surface area contributed by atoms with Crippen molar-refractivity contribution in [2.45, 2.75) is 187 Å². The topological polar surface area (TPSA) is 111 Å². The number of ether oxygens (including phenoxy) is 2. The highest BCUT2D eigenvalue weighted by Gasteiger charge is 2.21. The fourth-order valence-corrected chi connectivity index (χ4v) is 6.41. The summed E-state index contributed by atoms with van der Waals surface area (Å²) in [6.07, 6.45) is 40.3. The van der Waals surface area contributed by atoms with Crippen LogP contribution in [0, 0.1) is 0 Å². The van der Waals surface area contributed by atoms with Crippen molar-refractivity contribution in [2.24, 2.45) is 0 Å². The fourth-order valence-electron chi connectivity index (χ4n) is 5.68. The number of unbranched alkanes of at least 4 members (excludes halogenated alkanes) is 19. The number of likely N-dealkylation sites (N-methyl/N-ethyl adjacent to an activating group) is 1. The summed E-state index contributed by atoms with van der Waals surface area (Å²) < 4.78 is 33.8. The highest BCUT2D eigenvalue weighted by Crippen LogP contribution is 2.38. The number of phosphoric acid groups is 1. The Morgan fingerprint density at radius 2 is 1.00 bits per heavy atom. The third-order valence-corrected chi connectivity index (χ3v) is 10.1. The molecule has 0 aliphatic heterocycles. The van der Waals surface area contributed by atoms with Crippen LogP contribution in [0.4, 0.5) is 0 Å². The number of phosphoric ester groups is 1. The van der Waals surface area contributed by atoms with E-state index >= 15 is 0 Å².